The number of Topliss-reactive ketones (excluding diaryl/α,β-unsaturated/α-hetero) is 1. The standard InChI is InChI=1S/C30H40F3N3O3/c1-28-12-11-23-21(6-4-18-14-19(30(31,32)33)10-13-29(18,23)17-38-2)22(28)7-8-24(28)27(37)16-36-26-9-5-20(39-3)15-25(26)34-35-36/h5,9,15,18-19,21-24H,4,6-8,10-14,16-17H2,1-3H3. The Balaban J connectivity index is 1.21. The second kappa shape index (κ2) is 9.74. The number of benzene rings is 1. The lowest BCUT2D eigenvalue weighted by Gasteiger charge is -2.62. The van der Waals surface area contributed by atoms with Gasteiger partial charge in [-0.2, -0.15) is 13.2 Å². The summed E-state index contributed by atoms with van der Waals surface area (Å²) in [5.74, 6) is 1.04. The van der Waals surface area contributed by atoms with E-state index in [0.29, 0.717) is 42.0 Å². The van der Waals surface area contributed by atoms with E-state index in [-0.39, 0.29) is 47.8 Å². The highest BCUT2D eigenvalue weighted by Gasteiger charge is 2.63. The highest BCUT2D eigenvalue weighted by atomic mass is 19.4. The van der Waals surface area contributed by atoms with Gasteiger partial charge in [-0.25, -0.2) is 4.68 Å². The van der Waals surface area contributed by atoms with E-state index in [1.165, 1.54) is 0 Å². The molecule has 4 aliphatic carbocycles. The van der Waals surface area contributed by atoms with Crippen LogP contribution in [-0.4, -0.2) is 47.8 Å². The van der Waals surface area contributed by atoms with E-state index in [1.807, 2.05) is 18.2 Å². The minimum Gasteiger partial charge on any atom is -0.497 e. The molecule has 9 heteroatoms. The summed E-state index contributed by atoms with van der Waals surface area (Å²) < 4.78 is 53.7. The molecule has 2 aromatic rings. The summed E-state index contributed by atoms with van der Waals surface area (Å²) in [4.78, 5) is 13.8. The van der Waals surface area contributed by atoms with E-state index in [0.717, 1.165) is 44.0 Å². The number of rotatable bonds is 6. The number of methoxy groups -OCH3 is 2. The SMILES string of the molecule is COCC12CCC(C(F)(F)F)CC1CCC1C3CCC(C(=O)Cn4nnc5cc(OC)ccc54)C3(C)CCC12. The lowest BCUT2D eigenvalue weighted by Crippen LogP contribution is -2.57. The Morgan fingerprint density at radius 3 is 2.64 bits per heavy atom. The fourth-order valence-electron chi connectivity index (χ4n) is 9.88. The van der Waals surface area contributed by atoms with Gasteiger partial charge in [-0.1, -0.05) is 12.1 Å². The zero-order chi connectivity index (χ0) is 27.6. The first kappa shape index (κ1) is 27.0. The van der Waals surface area contributed by atoms with E-state index in [4.69, 9.17) is 9.47 Å². The average molecular weight is 548 g/mol. The van der Waals surface area contributed by atoms with Crippen molar-refractivity contribution in [1.29, 1.82) is 0 Å². The molecule has 4 aliphatic rings. The van der Waals surface area contributed by atoms with Gasteiger partial charge in [-0.15, -0.1) is 5.10 Å². The van der Waals surface area contributed by atoms with Crippen LogP contribution in [-0.2, 0) is 16.1 Å². The number of hydrogen-bond acceptors (Lipinski definition) is 5. The van der Waals surface area contributed by atoms with E-state index in [1.54, 1.807) is 18.9 Å². The number of aromatic nitrogens is 3. The lowest BCUT2D eigenvalue weighted by atomic mass is 9.43. The summed E-state index contributed by atoms with van der Waals surface area (Å²) in [5, 5.41) is 8.51. The van der Waals surface area contributed by atoms with Gasteiger partial charge in [0.15, 0.2) is 5.78 Å². The molecule has 0 radical (unpaired) electrons. The third kappa shape index (κ3) is 4.29. The number of halogens is 3. The summed E-state index contributed by atoms with van der Waals surface area (Å²) in [6.07, 6.45) is 2.59. The summed E-state index contributed by atoms with van der Waals surface area (Å²) in [7, 11) is 3.31. The van der Waals surface area contributed by atoms with Gasteiger partial charge in [0.2, 0.25) is 0 Å². The summed E-state index contributed by atoms with van der Waals surface area (Å²) >= 11 is 0. The van der Waals surface area contributed by atoms with Crippen molar-refractivity contribution in [2.45, 2.75) is 77.4 Å². The zero-order valence-corrected chi connectivity index (χ0v) is 23.2. The number of alkyl halides is 3. The highest BCUT2D eigenvalue weighted by Crippen LogP contribution is 2.68. The minimum absolute atomic E-state index is 0.0296. The molecule has 39 heavy (non-hydrogen) atoms. The maximum Gasteiger partial charge on any atom is 0.391 e. The lowest BCUT2D eigenvalue weighted by molar-refractivity contribution is -0.217. The highest BCUT2D eigenvalue weighted by molar-refractivity contribution is 5.84. The maximum absolute atomic E-state index is 13.8. The number of ketones is 1. The van der Waals surface area contributed by atoms with Crippen molar-refractivity contribution in [3.8, 4) is 5.75 Å². The zero-order valence-electron chi connectivity index (χ0n) is 23.2. The molecule has 0 saturated heterocycles. The molecular weight excluding hydrogens is 507 g/mol. The number of fused-ring (bicyclic) bond motifs is 6. The minimum atomic E-state index is -4.11. The van der Waals surface area contributed by atoms with Crippen LogP contribution < -0.4 is 4.74 Å². The van der Waals surface area contributed by atoms with Gasteiger partial charge in [0.05, 0.1) is 25.2 Å². The molecule has 0 N–H and O–H groups in total. The molecular formula is C30H40F3N3O3. The molecule has 8 atom stereocenters. The number of hydrogen-bond donors (Lipinski definition) is 0. The molecule has 1 heterocycles. The van der Waals surface area contributed by atoms with Crippen LogP contribution in [0.15, 0.2) is 18.2 Å². The summed E-state index contributed by atoms with van der Waals surface area (Å²) in [6, 6.07) is 5.58. The van der Waals surface area contributed by atoms with Gasteiger partial charge in [0.1, 0.15) is 17.8 Å². The van der Waals surface area contributed by atoms with Crippen LogP contribution in [0.5, 0.6) is 5.75 Å². The Bertz CT molecular complexity index is 1230. The van der Waals surface area contributed by atoms with E-state index >= 15 is 0 Å². The van der Waals surface area contributed by atoms with Crippen molar-refractivity contribution in [1.82, 2.24) is 15.0 Å². The first-order chi connectivity index (χ1) is 18.6. The van der Waals surface area contributed by atoms with E-state index in [9.17, 15) is 18.0 Å². The number of carbonyl (C=O) groups excluding carboxylic acids is 1. The van der Waals surface area contributed by atoms with Crippen LogP contribution in [0.25, 0.3) is 11.0 Å². The van der Waals surface area contributed by atoms with Gasteiger partial charge < -0.3 is 9.47 Å². The number of ether oxygens (including phenoxy) is 2. The van der Waals surface area contributed by atoms with Crippen LogP contribution in [0.3, 0.4) is 0 Å². The second-order valence-corrected chi connectivity index (χ2v) is 13.1. The summed E-state index contributed by atoms with van der Waals surface area (Å²) in [5.41, 5.74) is 1.28. The predicted molar refractivity (Wildman–Crippen MR) is 140 cm³/mol. The monoisotopic (exact) mass is 547 g/mol. The van der Waals surface area contributed by atoms with Crippen molar-refractivity contribution in [2.24, 2.45) is 46.3 Å². The van der Waals surface area contributed by atoms with Crippen LogP contribution >= 0.6 is 0 Å². The molecule has 214 valence electrons. The third-order valence-electron chi connectivity index (χ3n) is 11.7. The van der Waals surface area contributed by atoms with Crippen LogP contribution in [0, 0.1) is 46.3 Å². The van der Waals surface area contributed by atoms with Crippen molar-refractivity contribution in [3.63, 3.8) is 0 Å². The number of carbonyl (C=O) groups is 1. The Morgan fingerprint density at radius 2 is 1.90 bits per heavy atom. The average Bonchev–Trinajstić information content (AvgIpc) is 3.47. The topological polar surface area (TPSA) is 66.2 Å². The largest absolute Gasteiger partial charge is 0.497 e. The van der Waals surface area contributed by atoms with Crippen LogP contribution in [0.4, 0.5) is 13.2 Å². The molecule has 0 bridgehead atoms. The molecule has 6 rings (SSSR count). The molecule has 0 spiro atoms. The Hall–Kier alpha value is -2.16. The number of nitrogens with zero attached hydrogens (tertiary/aromatic N) is 3. The van der Waals surface area contributed by atoms with E-state index < -0.39 is 12.1 Å². The van der Waals surface area contributed by atoms with Crippen molar-refractivity contribution < 1.29 is 27.4 Å². The van der Waals surface area contributed by atoms with Gasteiger partial charge >= 0.3 is 6.18 Å². The van der Waals surface area contributed by atoms with E-state index in [2.05, 4.69) is 17.2 Å². The molecule has 1 aromatic heterocycles. The van der Waals surface area contributed by atoms with Crippen molar-refractivity contribution in [3.05, 3.63) is 18.2 Å². The third-order valence-corrected chi connectivity index (χ3v) is 11.7. The smallest absolute Gasteiger partial charge is 0.391 e. The Labute approximate surface area is 228 Å². The first-order valence-corrected chi connectivity index (χ1v) is 14.6. The normalized spacial score (nSPS) is 38.2. The predicted octanol–water partition coefficient (Wildman–Crippen LogP) is 6.47. The van der Waals surface area contributed by atoms with Crippen LogP contribution in [0.1, 0.15) is 64.7 Å². The van der Waals surface area contributed by atoms with Gasteiger partial charge in [-0.05, 0) is 104 Å². The second-order valence-electron chi connectivity index (χ2n) is 13.1. The molecule has 0 aliphatic heterocycles. The molecule has 4 fully saturated rings. The fraction of sp³-hybridized carbons (Fsp3) is 0.767. The van der Waals surface area contributed by atoms with Gasteiger partial charge in [0.25, 0.3) is 0 Å². The fourth-order valence-corrected chi connectivity index (χ4v) is 9.88. The van der Waals surface area contributed by atoms with Gasteiger partial charge in [0, 0.05) is 19.1 Å². The summed E-state index contributed by atoms with van der Waals surface area (Å²) in [6.45, 7) is 3.07. The van der Waals surface area contributed by atoms with Crippen LogP contribution in [0.2, 0.25) is 0 Å². The Morgan fingerprint density at radius 1 is 1.08 bits per heavy atom. The quantitative estimate of drug-likeness (QED) is 0.415. The molecule has 4 saturated carbocycles. The van der Waals surface area contributed by atoms with Crippen molar-refractivity contribution in [2.75, 3.05) is 20.8 Å². The van der Waals surface area contributed by atoms with Gasteiger partial charge in [-0.3, -0.25) is 4.79 Å². The maximum atomic E-state index is 13.8. The molecule has 6 nitrogen and oxygen atoms in total. The molecule has 1 aromatic carbocycles. The van der Waals surface area contributed by atoms with Crippen molar-refractivity contribution >= 4 is 16.8 Å². The molecule has 0 amide bonds. The Kier molecular flexibility index (Phi) is 6.75. The first-order valence-electron chi connectivity index (χ1n) is 14.6. The molecule has 8 unspecified atom stereocenters.